The predicted molar refractivity (Wildman–Crippen MR) is 136 cm³/mol. The van der Waals surface area contributed by atoms with Crippen molar-refractivity contribution in [3.63, 3.8) is 0 Å². The Morgan fingerprint density at radius 3 is 2.65 bits per heavy atom. The van der Waals surface area contributed by atoms with Crippen LogP contribution in [0.1, 0.15) is 92.4 Å². The van der Waals surface area contributed by atoms with E-state index < -0.39 is 0 Å². The molecule has 0 aliphatic heterocycles. The fraction of sp³-hybridized carbons (Fsp3) is 0.833. The summed E-state index contributed by atoms with van der Waals surface area (Å²) in [5.74, 6) is 2.56. The lowest BCUT2D eigenvalue weighted by Crippen LogP contribution is -2.55. The molecule has 34 heavy (non-hydrogen) atoms. The van der Waals surface area contributed by atoms with Crippen molar-refractivity contribution in [2.24, 2.45) is 46.3 Å². The van der Waals surface area contributed by atoms with E-state index in [9.17, 15) is 15.0 Å². The third-order valence-electron chi connectivity index (χ3n) is 10.8. The van der Waals surface area contributed by atoms with Crippen LogP contribution in [-0.2, 0) is 9.53 Å². The van der Waals surface area contributed by atoms with Crippen LogP contribution < -0.4 is 0 Å². The minimum Gasteiger partial charge on any atom is -0.465 e. The first-order valence-corrected chi connectivity index (χ1v) is 13.9. The Balaban J connectivity index is 1.58. The fourth-order valence-corrected chi connectivity index (χ4v) is 8.84. The van der Waals surface area contributed by atoms with E-state index in [2.05, 4.69) is 40.3 Å². The lowest BCUT2D eigenvalue weighted by Gasteiger charge is -2.59. The molecule has 0 radical (unpaired) electrons. The Labute approximate surface area is 207 Å². The molecule has 4 aliphatic carbocycles. The van der Waals surface area contributed by atoms with Crippen molar-refractivity contribution in [3.05, 3.63) is 23.8 Å². The van der Waals surface area contributed by atoms with Gasteiger partial charge < -0.3 is 14.9 Å². The lowest BCUT2D eigenvalue weighted by atomic mass is 9.46. The Morgan fingerprint density at radius 2 is 1.97 bits per heavy atom. The Bertz CT molecular complexity index is 815. The molecule has 0 saturated heterocycles. The van der Waals surface area contributed by atoms with E-state index in [0.717, 1.165) is 51.4 Å². The number of rotatable bonds is 7. The quantitative estimate of drug-likeness (QED) is 0.349. The van der Waals surface area contributed by atoms with Gasteiger partial charge in [-0.05, 0) is 98.7 Å². The second-order valence-corrected chi connectivity index (χ2v) is 12.9. The number of hydrogen-bond acceptors (Lipinski definition) is 4. The summed E-state index contributed by atoms with van der Waals surface area (Å²) >= 11 is 0. The molecule has 2 N–H and O–H groups in total. The summed E-state index contributed by atoms with van der Waals surface area (Å²) in [5, 5.41) is 21.9. The highest BCUT2D eigenvalue weighted by Gasteiger charge is 2.63. The molecule has 192 valence electrons. The van der Waals surface area contributed by atoms with Crippen molar-refractivity contribution in [2.45, 2.75) is 105 Å². The van der Waals surface area contributed by atoms with E-state index in [-0.39, 0.29) is 29.0 Å². The number of hydrogen-bond donors (Lipinski definition) is 2. The lowest BCUT2D eigenvalue weighted by molar-refractivity contribution is -0.151. The molecule has 4 aliphatic rings. The van der Waals surface area contributed by atoms with Crippen LogP contribution in [0.3, 0.4) is 0 Å². The summed E-state index contributed by atoms with van der Waals surface area (Å²) in [5.41, 5.74) is 2.64. The van der Waals surface area contributed by atoms with Crippen LogP contribution in [-0.4, -0.2) is 35.0 Å². The normalized spacial score (nSPS) is 42.3. The molecule has 9 unspecified atom stereocenters. The van der Waals surface area contributed by atoms with Crippen molar-refractivity contribution in [1.82, 2.24) is 0 Å². The molecule has 0 heterocycles. The zero-order valence-electron chi connectivity index (χ0n) is 22.2. The molecule has 0 bridgehead atoms. The van der Waals surface area contributed by atoms with E-state index in [1.54, 1.807) is 0 Å². The average molecular weight is 473 g/mol. The summed E-state index contributed by atoms with van der Waals surface area (Å²) in [7, 11) is 0. The maximum absolute atomic E-state index is 11.8. The Morgan fingerprint density at radius 1 is 1.24 bits per heavy atom. The van der Waals surface area contributed by atoms with Crippen LogP contribution in [0.4, 0.5) is 0 Å². The molecule has 3 saturated carbocycles. The van der Waals surface area contributed by atoms with Gasteiger partial charge in [0.25, 0.3) is 0 Å². The van der Waals surface area contributed by atoms with Crippen molar-refractivity contribution >= 4 is 5.97 Å². The van der Waals surface area contributed by atoms with Gasteiger partial charge in [-0.1, -0.05) is 51.5 Å². The number of esters is 1. The van der Waals surface area contributed by atoms with Gasteiger partial charge in [-0.15, -0.1) is 0 Å². The predicted octanol–water partition coefficient (Wildman–Crippen LogP) is 6.07. The van der Waals surface area contributed by atoms with Crippen LogP contribution in [0.5, 0.6) is 0 Å². The molecule has 0 aromatic rings. The molecule has 0 aromatic heterocycles. The molecular formula is C30H48O4. The van der Waals surface area contributed by atoms with Crippen molar-refractivity contribution in [1.29, 1.82) is 0 Å². The summed E-state index contributed by atoms with van der Waals surface area (Å²) in [6, 6.07) is 0. The molecule has 4 nitrogen and oxygen atoms in total. The van der Waals surface area contributed by atoms with Crippen molar-refractivity contribution in [2.75, 3.05) is 6.61 Å². The van der Waals surface area contributed by atoms with Gasteiger partial charge in [0.15, 0.2) is 0 Å². The first-order chi connectivity index (χ1) is 16.0. The molecule has 0 spiro atoms. The van der Waals surface area contributed by atoms with Gasteiger partial charge in [-0.3, -0.25) is 4.79 Å². The Hall–Kier alpha value is -1.13. The minimum atomic E-state index is -0.287. The highest BCUT2D eigenvalue weighted by molar-refractivity contribution is 5.66. The van der Waals surface area contributed by atoms with Crippen LogP contribution >= 0.6 is 0 Å². The first kappa shape index (κ1) is 25.9. The fourth-order valence-electron chi connectivity index (χ4n) is 8.84. The van der Waals surface area contributed by atoms with E-state index in [1.165, 1.54) is 18.1 Å². The van der Waals surface area contributed by atoms with E-state index >= 15 is 0 Å². The number of allylic oxidation sites excluding steroid dienone is 2. The van der Waals surface area contributed by atoms with Crippen LogP contribution in [0, 0.1) is 46.3 Å². The van der Waals surface area contributed by atoms with Gasteiger partial charge in [0.2, 0.25) is 0 Å². The molecular weight excluding hydrogens is 424 g/mol. The Kier molecular flexibility index (Phi) is 7.43. The molecule has 3 fully saturated rings. The zero-order valence-corrected chi connectivity index (χ0v) is 22.2. The second-order valence-electron chi connectivity index (χ2n) is 12.9. The van der Waals surface area contributed by atoms with Gasteiger partial charge in [-0.2, -0.15) is 0 Å². The van der Waals surface area contributed by atoms with Gasteiger partial charge in [0, 0.05) is 12.3 Å². The SMILES string of the molecule is C=C(CCC(C)C1CC(O)C2C3CC=C4CC(O)CCC4(COC(C)=O)C3CCC12C)C(C)C. The summed E-state index contributed by atoms with van der Waals surface area (Å²) < 4.78 is 5.69. The molecule has 0 amide bonds. The van der Waals surface area contributed by atoms with E-state index in [1.807, 2.05) is 0 Å². The number of fused-ring (bicyclic) bond motifs is 5. The summed E-state index contributed by atoms with van der Waals surface area (Å²) in [6.07, 6.45) is 10.6. The number of carbonyl (C=O) groups is 1. The first-order valence-electron chi connectivity index (χ1n) is 13.9. The number of carbonyl (C=O) groups excluding carboxylic acids is 1. The second kappa shape index (κ2) is 9.73. The average Bonchev–Trinajstić information content (AvgIpc) is 3.06. The highest BCUT2D eigenvalue weighted by Crippen LogP contribution is 2.67. The van der Waals surface area contributed by atoms with Crippen LogP contribution in [0.2, 0.25) is 0 Å². The number of aliphatic hydroxyl groups is 2. The number of ether oxygens (including phenoxy) is 1. The number of aliphatic hydroxyl groups excluding tert-OH is 2. The van der Waals surface area contributed by atoms with E-state index in [4.69, 9.17) is 4.74 Å². The largest absolute Gasteiger partial charge is 0.465 e. The van der Waals surface area contributed by atoms with Gasteiger partial charge in [0.05, 0.1) is 12.2 Å². The highest BCUT2D eigenvalue weighted by atomic mass is 16.5. The maximum atomic E-state index is 11.8. The third-order valence-corrected chi connectivity index (χ3v) is 10.8. The van der Waals surface area contributed by atoms with E-state index in [0.29, 0.717) is 48.5 Å². The van der Waals surface area contributed by atoms with Gasteiger partial charge >= 0.3 is 5.97 Å². The summed E-state index contributed by atoms with van der Waals surface area (Å²) in [6.45, 7) is 15.5. The maximum Gasteiger partial charge on any atom is 0.302 e. The monoisotopic (exact) mass is 472 g/mol. The zero-order chi connectivity index (χ0) is 24.8. The topological polar surface area (TPSA) is 66.8 Å². The molecule has 4 rings (SSSR count). The van der Waals surface area contributed by atoms with Crippen LogP contribution in [0.15, 0.2) is 23.8 Å². The van der Waals surface area contributed by atoms with Crippen LogP contribution in [0.25, 0.3) is 0 Å². The third kappa shape index (κ3) is 4.43. The molecule has 9 atom stereocenters. The molecule has 0 aromatic carbocycles. The van der Waals surface area contributed by atoms with Gasteiger partial charge in [-0.25, -0.2) is 0 Å². The molecule has 4 heteroatoms. The standard InChI is InChI=1S/C30H48O4/c1-18(2)19(3)7-8-20(4)26-16-27(33)28-24-10-9-22-15-23(32)11-14-30(22,17-34-21(5)31)25(24)12-13-29(26,28)6/h9,18,20,23-28,32-33H,3,7-8,10-17H2,1-2,4-6H3. The smallest absolute Gasteiger partial charge is 0.302 e. The minimum absolute atomic E-state index is 0.154. The van der Waals surface area contributed by atoms with Crippen molar-refractivity contribution < 1.29 is 19.7 Å². The van der Waals surface area contributed by atoms with Crippen molar-refractivity contribution in [3.8, 4) is 0 Å². The van der Waals surface area contributed by atoms with Gasteiger partial charge in [0.1, 0.15) is 6.61 Å². The summed E-state index contributed by atoms with van der Waals surface area (Å²) in [4.78, 5) is 11.8.